The van der Waals surface area contributed by atoms with Gasteiger partial charge in [0.25, 0.3) is 0 Å². The van der Waals surface area contributed by atoms with Crippen molar-refractivity contribution in [2.24, 2.45) is 7.05 Å². The van der Waals surface area contributed by atoms with Gasteiger partial charge in [-0.05, 0) is 20.1 Å². The van der Waals surface area contributed by atoms with Gasteiger partial charge in [0.05, 0.1) is 16.8 Å². The van der Waals surface area contributed by atoms with Crippen LogP contribution in [0.5, 0.6) is 0 Å². The summed E-state index contributed by atoms with van der Waals surface area (Å²) in [4.78, 5) is 17.8. The normalized spacial score (nSPS) is 12.6. The summed E-state index contributed by atoms with van der Waals surface area (Å²) in [6.45, 7) is 3.96. The molecule has 1 atom stereocenters. The van der Waals surface area contributed by atoms with E-state index in [-0.39, 0.29) is 11.6 Å². The van der Waals surface area contributed by atoms with E-state index < -0.39 is 5.97 Å². The number of aromatic carboxylic acids is 1. The zero-order valence-corrected chi connectivity index (χ0v) is 13.7. The van der Waals surface area contributed by atoms with E-state index in [1.165, 1.54) is 6.20 Å². The van der Waals surface area contributed by atoms with Crippen molar-refractivity contribution in [1.29, 1.82) is 0 Å². The first-order valence-corrected chi connectivity index (χ1v) is 8.05. The van der Waals surface area contributed by atoms with Crippen molar-refractivity contribution in [3.05, 3.63) is 17.5 Å². The van der Waals surface area contributed by atoms with Crippen molar-refractivity contribution >= 4 is 34.5 Å². The molecule has 0 saturated heterocycles. The molecular formula is C14H20N4O2S. The van der Waals surface area contributed by atoms with Crippen LogP contribution in [0.3, 0.4) is 0 Å². The number of aromatic nitrogens is 3. The third-order valence-electron chi connectivity index (χ3n) is 3.65. The molecule has 21 heavy (non-hydrogen) atoms. The van der Waals surface area contributed by atoms with E-state index >= 15 is 0 Å². The molecule has 7 heteroatoms. The molecule has 1 N–H and O–H groups in total. The van der Waals surface area contributed by atoms with Gasteiger partial charge in [-0.1, -0.05) is 0 Å². The number of rotatable bonds is 5. The van der Waals surface area contributed by atoms with E-state index in [1.54, 1.807) is 16.4 Å². The van der Waals surface area contributed by atoms with Gasteiger partial charge in [-0.25, -0.2) is 9.78 Å². The molecule has 114 valence electrons. The van der Waals surface area contributed by atoms with Crippen LogP contribution in [0.1, 0.15) is 23.0 Å². The van der Waals surface area contributed by atoms with Crippen molar-refractivity contribution in [1.82, 2.24) is 14.8 Å². The molecule has 0 amide bonds. The smallest absolute Gasteiger partial charge is 0.339 e. The molecule has 0 aromatic carbocycles. The minimum Gasteiger partial charge on any atom is -0.478 e. The van der Waals surface area contributed by atoms with Crippen LogP contribution < -0.4 is 4.90 Å². The summed E-state index contributed by atoms with van der Waals surface area (Å²) in [7, 11) is 3.74. The fourth-order valence-corrected chi connectivity index (χ4v) is 3.20. The predicted octanol–water partition coefficient (Wildman–Crippen LogP) is 2.16. The highest BCUT2D eigenvalue weighted by Gasteiger charge is 2.24. The largest absolute Gasteiger partial charge is 0.478 e. The number of nitrogens with zero attached hydrogens (tertiary/aromatic N) is 4. The average molecular weight is 308 g/mol. The lowest BCUT2D eigenvalue weighted by Gasteiger charge is -2.28. The van der Waals surface area contributed by atoms with Gasteiger partial charge in [-0.3, -0.25) is 4.68 Å². The number of hydrogen-bond donors (Lipinski definition) is 1. The van der Waals surface area contributed by atoms with Crippen molar-refractivity contribution in [2.75, 3.05) is 24.0 Å². The second kappa shape index (κ2) is 5.93. The van der Waals surface area contributed by atoms with E-state index in [4.69, 9.17) is 0 Å². The summed E-state index contributed by atoms with van der Waals surface area (Å²) in [6.07, 6.45) is 3.46. The van der Waals surface area contributed by atoms with Gasteiger partial charge in [0.15, 0.2) is 5.65 Å². The fraction of sp³-hybridized carbons (Fsp3) is 0.500. The Balaban J connectivity index is 2.72. The third-order valence-corrected chi connectivity index (χ3v) is 4.47. The lowest BCUT2D eigenvalue weighted by atomic mass is 10.1. The number of carbonyl (C=O) groups is 1. The van der Waals surface area contributed by atoms with Crippen molar-refractivity contribution in [3.8, 4) is 0 Å². The van der Waals surface area contributed by atoms with Gasteiger partial charge in [0.1, 0.15) is 5.56 Å². The monoisotopic (exact) mass is 308 g/mol. The van der Waals surface area contributed by atoms with E-state index in [1.807, 2.05) is 32.2 Å². The second-order valence-electron chi connectivity index (χ2n) is 5.15. The SMILES string of the molecule is CSCC(C)N(C)c1c(C(=O)O)cnc2c1c(C)nn2C. The molecule has 0 saturated carbocycles. The molecule has 2 heterocycles. The molecule has 2 rings (SSSR count). The Morgan fingerprint density at radius 3 is 2.81 bits per heavy atom. The summed E-state index contributed by atoms with van der Waals surface area (Å²) in [5.74, 6) is -0.0514. The van der Waals surface area contributed by atoms with Crippen LogP contribution in [-0.4, -0.2) is 50.9 Å². The van der Waals surface area contributed by atoms with Crippen molar-refractivity contribution in [3.63, 3.8) is 0 Å². The Kier molecular flexibility index (Phi) is 4.41. The van der Waals surface area contributed by atoms with Crippen molar-refractivity contribution < 1.29 is 9.90 Å². The average Bonchev–Trinajstić information content (AvgIpc) is 2.72. The number of fused-ring (bicyclic) bond motifs is 1. The molecular weight excluding hydrogens is 288 g/mol. The first-order valence-electron chi connectivity index (χ1n) is 6.65. The van der Waals surface area contributed by atoms with Crippen LogP contribution in [-0.2, 0) is 7.05 Å². The molecule has 0 aliphatic rings. The van der Waals surface area contributed by atoms with Gasteiger partial charge in [-0.2, -0.15) is 16.9 Å². The zero-order chi connectivity index (χ0) is 15.7. The van der Waals surface area contributed by atoms with Crippen LogP contribution in [0, 0.1) is 6.92 Å². The third kappa shape index (κ3) is 2.70. The van der Waals surface area contributed by atoms with Gasteiger partial charge in [0.2, 0.25) is 0 Å². The first-order chi connectivity index (χ1) is 9.88. The summed E-state index contributed by atoms with van der Waals surface area (Å²) in [6, 6.07) is 0.211. The van der Waals surface area contributed by atoms with E-state index in [2.05, 4.69) is 17.0 Å². The maximum Gasteiger partial charge on any atom is 0.339 e. The van der Waals surface area contributed by atoms with Crippen LogP contribution in [0.4, 0.5) is 5.69 Å². The van der Waals surface area contributed by atoms with Crippen LogP contribution in [0.25, 0.3) is 11.0 Å². The zero-order valence-electron chi connectivity index (χ0n) is 12.9. The summed E-state index contributed by atoms with van der Waals surface area (Å²) in [5.41, 5.74) is 2.41. The summed E-state index contributed by atoms with van der Waals surface area (Å²) < 4.78 is 1.69. The molecule has 0 fully saturated rings. The number of carboxylic acid groups (broad SMARTS) is 1. The molecule has 2 aromatic heterocycles. The molecule has 6 nitrogen and oxygen atoms in total. The van der Waals surface area contributed by atoms with Gasteiger partial charge in [0, 0.05) is 32.1 Å². The Morgan fingerprint density at radius 2 is 2.24 bits per heavy atom. The molecule has 0 aliphatic heterocycles. The highest BCUT2D eigenvalue weighted by Crippen LogP contribution is 2.32. The number of aryl methyl sites for hydroxylation is 2. The number of carboxylic acids is 1. The molecule has 0 spiro atoms. The topological polar surface area (TPSA) is 71.2 Å². The highest BCUT2D eigenvalue weighted by atomic mass is 32.2. The second-order valence-corrected chi connectivity index (χ2v) is 6.06. The van der Waals surface area contributed by atoms with Gasteiger partial charge in [-0.15, -0.1) is 0 Å². The number of anilines is 1. The number of pyridine rings is 1. The Bertz CT molecular complexity index is 683. The quantitative estimate of drug-likeness (QED) is 0.912. The number of hydrogen-bond acceptors (Lipinski definition) is 5. The van der Waals surface area contributed by atoms with E-state index in [9.17, 15) is 9.90 Å². The summed E-state index contributed by atoms with van der Waals surface area (Å²) in [5, 5.41) is 14.7. The highest BCUT2D eigenvalue weighted by molar-refractivity contribution is 7.98. The Morgan fingerprint density at radius 1 is 1.57 bits per heavy atom. The Hall–Kier alpha value is -1.76. The fourth-order valence-electron chi connectivity index (χ4n) is 2.49. The minimum atomic E-state index is -0.967. The molecule has 2 aromatic rings. The predicted molar refractivity (Wildman–Crippen MR) is 86.5 cm³/mol. The van der Waals surface area contributed by atoms with Gasteiger partial charge < -0.3 is 10.0 Å². The molecule has 1 unspecified atom stereocenters. The standard InChI is InChI=1S/C14H20N4O2S/c1-8(7-21-5)17(3)12-10(14(19)20)6-15-13-11(12)9(2)16-18(13)4/h6,8H,7H2,1-5H3,(H,19,20). The van der Waals surface area contributed by atoms with Crippen LogP contribution >= 0.6 is 11.8 Å². The van der Waals surface area contributed by atoms with Crippen LogP contribution in [0.15, 0.2) is 6.20 Å². The number of thioether (sulfide) groups is 1. The Labute approximate surface area is 128 Å². The van der Waals surface area contributed by atoms with E-state index in [0.29, 0.717) is 11.3 Å². The maximum atomic E-state index is 11.6. The van der Waals surface area contributed by atoms with Crippen LogP contribution in [0.2, 0.25) is 0 Å². The van der Waals surface area contributed by atoms with Crippen molar-refractivity contribution in [2.45, 2.75) is 19.9 Å². The minimum absolute atomic E-state index is 0.211. The maximum absolute atomic E-state index is 11.6. The molecule has 0 radical (unpaired) electrons. The van der Waals surface area contributed by atoms with Gasteiger partial charge >= 0.3 is 5.97 Å². The molecule has 0 aliphatic carbocycles. The lowest BCUT2D eigenvalue weighted by molar-refractivity contribution is 0.0697. The summed E-state index contributed by atoms with van der Waals surface area (Å²) >= 11 is 1.74. The first kappa shape index (κ1) is 15.6. The lowest BCUT2D eigenvalue weighted by Crippen LogP contribution is -2.32. The molecule has 0 bridgehead atoms. The van der Waals surface area contributed by atoms with E-state index in [0.717, 1.165) is 16.8 Å².